The van der Waals surface area contributed by atoms with Gasteiger partial charge in [-0.05, 0) is 161 Å². The second kappa shape index (κ2) is 71.6. The van der Waals surface area contributed by atoms with E-state index >= 15 is 0 Å². The molecule has 0 fully saturated rings. The number of ether oxygens (including phenoxy) is 4. The largest absolute Gasteiger partial charge is 0.472 e. The molecular weight excluding hydrogens is 1310 g/mol. The van der Waals surface area contributed by atoms with Crippen molar-refractivity contribution in [2.24, 2.45) is 0 Å². The van der Waals surface area contributed by atoms with Gasteiger partial charge in [0.1, 0.15) is 19.3 Å². The monoisotopic (exact) mass is 1430 g/mol. The van der Waals surface area contributed by atoms with Crippen molar-refractivity contribution < 1.29 is 80.2 Å². The van der Waals surface area contributed by atoms with Crippen molar-refractivity contribution in [3.8, 4) is 0 Å². The molecule has 0 bridgehead atoms. The van der Waals surface area contributed by atoms with Gasteiger partial charge in [-0.25, -0.2) is 9.13 Å². The van der Waals surface area contributed by atoms with E-state index < -0.39 is 97.5 Å². The zero-order chi connectivity index (χ0) is 73.2. The Bertz CT molecular complexity index is 2620. The first-order chi connectivity index (χ1) is 48.7. The molecule has 0 aliphatic heterocycles. The number of carbonyl (C=O) groups excluding carboxylic acids is 4. The Kier molecular flexibility index (Phi) is 67.4. The zero-order valence-corrected chi connectivity index (χ0v) is 63.1. The fraction of sp³-hybridized carbons (Fsp3) is 0.580. The van der Waals surface area contributed by atoms with Crippen molar-refractivity contribution in [3.05, 3.63) is 182 Å². The standard InChI is InChI=1S/C81H128O17P2/c1-5-9-13-17-21-25-29-33-37-41-45-49-53-57-61-65-78(83)91-71-76(97-80(85)67-63-59-55-51-47-43-39-35-31-27-23-19-15-11-7-3)73-95-99(87,88)93-69-75(82)70-94-100(89,90)96-74-77(98-81(86)68-64-60-56-52-48-44-40-36-32-28-24-20-16-12-8-4)72-92-79(84)66-62-58-54-50-46-42-38-34-30-26-22-18-14-10-6-2/h9-11,13-15,21-28,33-40,45-47,49-51,57,61,75-77,82H,5-8,12,16-20,29-32,41-44,48,52-56,58-60,62-74H2,1-4H3,(H,87,88)(H,89,90)/b13-9-,14-10-,15-11-,25-21-,26-22-,27-23-,28-24-,37-33-,38-34-,39-35-,40-36-,49-45-,50-46-,51-47-,61-57-. The summed E-state index contributed by atoms with van der Waals surface area (Å²) in [5.74, 6) is -2.46. The zero-order valence-electron chi connectivity index (χ0n) is 61.3. The summed E-state index contributed by atoms with van der Waals surface area (Å²) in [6, 6.07) is 0. The van der Waals surface area contributed by atoms with Crippen LogP contribution in [0.15, 0.2) is 182 Å². The molecule has 0 saturated carbocycles. The van der Waals surface area contributed by atoms with Crippen LogP contribution < -0.4 is 0 Å². The molecule has 0 radical (unpaired) electrons. The second-order valence-electron chi connectivity index (χ2n) is 23.8. The fourth-order valence-corrected chi connectivity index (χ4v) is 10.4. The van der Waals surface area contributed by atoms with E-state index in [1.807, 2.05) is 24.3 Å². The molecular formula is C81H128O17P2. The van der Waals surface area contributed by atoms with Crippen molar-refractivity contribution >= 4 is 39.5 Å². The third-order valence-corrected chi connectivity index (χ3v) is 16.3. The van der Waals surface area contributed by atoms with Crippen LogP contribution >= 0.6 is 15.6 Å². The van der Waals surface area contributed by atoms with E-state index in [-0.39, 0.29) is 25.7 Å². The molecule has 0 rings (SSSR count). The van der Waals surface area contributed by atoms with Crippen LogP contribution in [0.2, 0.25) is 0 Å². The lowest BCUT2D eigenvalue weighted by Gasteiger charge is -2.21. The molecule has 0 aliphatic rings. The molecule has 0 saturated heterocycles. The Labute approximate surface area is 603 Å². The second-order valence-corrected chi connectivity index (χ2v) is 26.7. The highest BCUT2D eigenvalue weighted by Gasteiger charge is 2.30. The molecule has 100 heavy (non-hydrogen) atoms. The molecule has 19 heteroatoms. The molecule has 3 N–H and O–H groups in total. The normalized spacial score (nSPS) is 15.0. The molecule has 0 aromatic heterocycles. The van der Waals surface area contributed by atoms with Crippen LogP contribution in [0.1, 0.15) is 246 Å². The van der Waals surface area contributed by atoms with Crippen LogP contribution in [-0.4, -0.2) is 96.7 Å². The smallest absolute Gasteiger partial charge is 0.462 e. The average molecular weight is 1440 g/mol. The minimum atomic E-state index is -5.02. The number of aliphatic hydroxyl groups excluding tert-OH is 1. The number of allylic oxidation sites excluding steroid dienone is 29. The van der Waals surface area contributed by atoms with E-state index in [1.54, 1.807) is 6.08 Å². The number of rotatable bonds is 67. The summed E-state index contributed by atoms with van der Waals surface area (Å²) < 4.78 is 68.2. The molecule has 564 valence electrons. The number of phosphoric ester groups is 2. The summed E-state index contributed by atoms with van der Waals surface area (Å²) in [6.45, 7) is 4.22. The van der Waals surface area contributed by atoms with Gasteiger partial charge in [0.05, 0.1) is 32.8 Å². The Hall–Kier alpha value is -5.84. The van der Waals surface area contributed by atoms with Gasteiger partial charge < -0.3 is 33.8 Å². The van der Waals surface area contributed by atoms with Crippen molar-refractivity contribution in [2.75, 3.05) is 39.6 Å². The number of hydrogen-bond donors (Lipinski definition) is 3. The number of unbranched alkanes of at least 4 members (excludes halogenated alkanes) is 12. The number of carbonyl (C=O) groups is 4. The minimum Gasteiger partial charge on any atom is -0.462 e. The number of esters is 4. The fourth-order valence-electron chi connectivity index (χ4n) is 8.83. The van der Waals surface area contributed by atoms with Crippen LogP contribution in [0.4, 0.5) is 0 Å². The molecule has 0 aromatic carbocycles. The van der Waals surface area contributed by atoms with Gasteiger partial charge in [0.15, 0.2) is 12.2 Å². The number of phosphoric acid groups is 2. The highest BCUT2D eigenvalue weighted by atomic mass is 31.2. The average Bonchev–Trinajstić information content (AvgIpc) is 1.01. The Morgan fingerprint density at radius 3 is 0.910 bits per heavy atom. The van der Waals surface area contributed by atoms with Crippen molar-refractivity contribution in [1.29, 1.82) is 0 Å². The van der Waals surface area contributed by atoms with Gasteiger partial charge in [-0.15, -0.1) is 0 Å². The van der Waals surface area contributed by atoms with Crippen LogP contribution in [0.5, 0.6) is 0 Å². The number of aliphatic hydroxyl groups is 1. The highest BCUT2D eigenvalue weighted by Crippen LogP contribution is 2.45. The summed E-state index contributed by atoms with van der Waals surface area (Å²) >= 11 is 0. The predicted octanol–water partition coefficient (Wildman–Crippen LogP) is 21.2. The topological polar surface area (TPSA) is 237 Å². The van der Waals surface area contributed by atoms with Crippen LogP contribution in [0.3, 0.4) is 0 Å². The van der Waals surface area contributed by atoms with Gasteiger partial charge in [0.2, 0.25) is 0 Å². The highest BCUT2D eigenvalue weighted by molar-refractivity contribution is 7.47. The maximum absolute atomic E-state index is 13.1. The lowest BCUT2D eigenvalue weighted by atomic mass is 10.1. The minimum absolute atomic E-state index is 0.0147. The molecule has 0 heterocycles. The van der Waals surface area contributed by atoms with E-state index in [4.69, 9.17) is 37.0 Å². The third kappa shape index (κ3) is 70.6. The maximum Gasteiger partial charge on any atom is 0.472 e. The first-order valence-electron chi connectivity index (χ1n) is 37.0. The maximum atomic E-state index is 13.1. The summed E-state index contributed by atoms with van der Waals surface area (Å²) in [7, 11) is -10.0. The van der Waals surface area contributed by atoms with Crippen LogP contribution in [0, 0.1) is 0 Å². The Morgan fingerprint density at radius 2 is 0.560 bits per heavy atom. The molecule has 0 spiro atoms. The first kappa shape index (κ1) is 94.2. The lowest BCUT2D eigenvalue weighted by molar-refractivity contribution is -0.161. The van der Waals surface area contributed by atoms with E-state index in [1.165, 1.54) is 19.3 Å². The van der Waals surface area contributed by atoms with E-state index in [9.17, 15) is 43.2 Å². The van der Waals surface area contributed by atoms with Crippen LogP contribution in [-0.2, 0) is 65.4 Å². The summed E-state index contributed by atoms with van der Waals surface area (Å²) in [5, 5.41) is 10.6. The molecule has 0 aromatic rings. The molecule has 0 amide bonds. The van der Waals surface area contributed by atoms with Gasteiger partial charge in [0.25, 0.3) is 0 Å². The Balaban J connectivity index is 5.53. The third-order valence-electron chi connectivity index (χ3n) is 14.4. The van der Waals surface area contributed by atoms with Crippen LogP contribution in [0.25, 0.3) is 0 Å². The van der Waals surface area contributed by atoms with E-state index in [0.29, 0.717) is 32.1 Å². The molecule has 5 atom stereocenters. The van der Waals surface area contributed by atoms with Crippen molar-refractivity contribution in [2.45, 2.75) is 264 Å². The summed E-state index contributed by atoms with van der Waals surface area (Å²) in [6.07, 6.45) is 85.0. The summed E-state index contributed by atoms with van der Waals surface area (Å²) in [4.78, 5) is 72.7. The Morgan fingerprint density at radius 1 is 0.300 bits per heavy atom. The molecule has 5 unspecified atom stereocenters. The van der Waals surface area contributed by atoms with E-state index in [0.717, 1.165) is 141 Å². The SMILES string of the molecule is CC/C=C\C/C=C\C/C=C\C/C=C\C/C=C\CC(=O)OCC(COP(=O)(O)OCC(O)COP(=O)(O)OCC(COC(=O)CCCC/C=C\C/C=C\C/C=C\C/C=C\CC)OC(=O)CCCCCCC/C=C\C/C=C\CCCCC)OC(=O)CCCC/C=C\C/C=C\C/C=C\C/C=C\CC. The predicted molar refractivity (Wildman–Crippen MR) is 408 cm³/mol. The van der Waals surface area contributed by atoms with Gasteiger partial charge >= 0.3 is 39.5 Å². The van der Waals surface area contributed by atoms with Crippen molar-refractivity contribution in [3.63, 3.8) is 0 Å². The van der Waals surface area contributed by atoms with Gasteiger partial charge in [-0.2, -0.15) is 0 Å². The first-order valence-corrected chi connectivity index (χ1v) is 40.0. The molecule has 0 aliphatic carbocycles. The molecule has 17 nitrogen and oxygen atoms in total. The van der Waals surface area contributed by atoms with Gasteiger partial charge in [-0.3, -0.25) is 37.3 Å². The van der Waals surface area contributed by atoms with E-state index in [2.05, 4.69) is 180 Å². The quantitative estimate of drug-likeness (QED) is 0.0169. The van der Waals surface area contributed by atoms with Gasteiger partial charge in [0, 0.05) is 19.3 Å². The summed E-state index contributed by atoms with van der Waals surface area (Å²) in [5.41, 5.74) is 0. The van der Waals surface area contributed by atoms with Gasteiger partial charge in [-0.1, -0.05) is 242 Å². The lowest BCUT2D eigenvalue weighted by Crippen LogP contribution is -2.30. The van der Waals surface area contributed by atoms with Crippen molar-refractivity contribution in [1.82, 2.24) is 0 Å². The number of hydrogen-bond acceptors (Lipinski definition) is 15.